The first-order valence-electron chi connectivity index (χ1n) is 8.88. The zero-order valence-electron chi connectivity index (χ0n) is 14.2. The number of amides is 1. The minimum atomic E-state index is -0.897. The van der Waals surface area contributed by atoms with Crippen LogP contribution in [0.3, 0.4) is 0 Å². The summed E-state index contributed by atoms with van der Waals surface area (Å²) in [5.74, 6) is -0.714. The van der Waals surface area contributed by atoms with E-state index in [1.807, 2.05) is 5.38 Å². The first-order chi connectivity index (χ1) is 12.6. The molecule has 1 saturated heterocycles. The van der Waals surface area contributed by atoms with E-state index in [1.54, 1.807) is 23.5 Å². The van der Waals surface area contributed by atoms with Crippen LogP contribution >= 0.6 is 11.3 Å². The van der Waals surface area contributed by atoms with Crippen LogP contribution in [0, 0.1) is 5.92 Å². The molecule has 7 nitrogen and oxygen atoms in total. The molecule has 0 bridgehead atoms. The highest BCUT2D eigenvalue weighted by atomic mass is 32.1. The fourth-order valence-corrected chi connectivity index (χ4v) is 4.98. The molecule has 0 unspecified atom stereocenters. The molecule has 1 saturated carbocycles. The van der Waals surface area contributed by atoms with Crippen LogP contribution in [0.25, 0.3) is 10.7 Å². The number of hydrogen-bond donors (Lipinski definition) is 1. The lowest BCUT2D eigenvalue weighted by Crippen LogP contribution is -2.46. The second kappa shape index (κ2) is 7.11. The Bertz CT molecular complexity index is 810. The van der Waals surface area contributed by atoms with Gasteiger partial charge < -0.3 is 10.0 Å². The lowest BCUT2D eigenvalue weighted by molar-refractivity contribution is -0.149. The van der Waals surface area contributed by atoms with Crippen molar-refractivity contribution in [2.24, 2.45) is 5.92 Å². The summed E-state index contributed by atoms with van der Waals surface area (Å²) in [6.45, 7) is 0. The van der Waals surface area contributed by atoms with Gasteiger partial charge in [0.25, 0.3) is 0 Å². The number of carbonyl (C=O) groups is 2. The number of carbonyl (C=O) groups excluding carboxylic acids is 1. The molecule has 26 heavy (non-hydrogen) atoms. The first-order valence-corrected chi connectivity index (χ1v) is 9.76. The number of rotatable bonds is 4. The SMILES string of the molecule is O=C(O)[C@@H]1C[C@H]2CCCC[C@@H]2N1C(=O)Cc1csc(-c2cnccn2)n1. The summed E-state index contributed by atoms with van der Waals surface area (Å²) in [4.78, 5) is 39.0. The number of fused-ring (bicyclic) bond motifs is 1. The van der Waals surface area contributed by atoms with E-state index < -0.39 is 12.0 Å². The van der Waals surface area contributed by atoms with Gasteiger partial charge in [-0.15, -0.1) is 11.3 Å². The lowest BCUT2D eigenvalue weighted by atomic mass is 9.84. The predicted molar refractivity (Wildman–Crippen MR) is 95.5 cm³/mol. The van der Waals surface area contributed by atoms with Gasteiger partial charge in [0.1, 0.15) is 16.7 Å². The Morgan fingerprint density at radius 2 is 2.12 bits per heavy atom. The fourth-order valence-electron chi connectivity index (χ4n) is 4.20. The van der Waals surface area contributed by atoms with Gasteiger partial charge in [-0.2, -0.15) is 0 Å². The normalized spacial score (nSPS) is 25.1. The first kappa shape index (κ1) is 17.1. The Balaban J connectivity index is 1.52. The predicted octanol–water partition coefficient (Wildman–Crippen LogP) is 2.39. The van der Waals surface area contributed by atoms with E-state index in [0.717, 1.165) is 25.7 Å². The number of carboxylic acids is 1. The molecular formula is C18H20N4O3S. The Morgan fingerprint density at radius 1 is 1.27 bits per heavy atom. The van der Waals surface area contributed by atoms with Crippen molar-refractivity contribution in [2.75, 3.05) is 0 Å². The smallest absolute Gasteiger partial charge is 0.326 e. The second-order valence-electron chi connectivity index (χ2n) is 6.91. The molecule has 1 aliphatic carbocycles. The van der Waals surface area contributed by atoms with Gasteiger partial charge in [0.15, 0.2) is 0 Å². The Labute approximate surface area is 155 Å². The van der Waals surface area contributed by atoms with E-state index in [-0.39, 0.29) is 18.4 Å². The largest absolute Gasteiger partial charge is 0.480 e. The second-order valence-corrected chi connectivity index (χ2v) is 7.77. The third-order valence-electron chi connectivity index (χ3n) is 5.33. The van der Waals surface area contributed by atoms with Crippen molar-refractivity contribution in [2.45, 2.75) is 50.6 Å². The number of aliphatic carboxylic acids is 1. The van der Waals surface area contributed by atoms with Gasteiger partial charge in [0.05, 0.1) is 18.3 Å². The van der Waals surface area contributed by atoms with E-state index >= 15 is 0 Å². The number of hydrogen-bond acceptors (Lipinski definition) is 6. The maximum Gasteiger partial charge on any atom is 0.326 e. The Hall–Kier alpha value is -2.35. The lowest BCUT2D eigenvalue weighted by Gasteiger charge is -2.32. The van der Waals surface area contributed by atoms with E-state index in [4.69, 9.17) is 0 Å². The van der Waals surface area contributed by atoms with E-state index in [9.17, 15) is 14.7 Å². The van der Waals surface area contributed by atoms with E-state index in [1.165, 1.54) is 11.3 Å². The van der Waals surface area contributed by atoms with Crippen molar-refractivity contribution in [3.05, 3.63) is 29.7 Å². The van der Waals surface area contributed by atoms with E-state index in [0.29, 0.717) is 28.7 Å². The maximum atomic E-state index is 12.9. The minimum Gasteiger partial charge on any atom is -0.480 e. The highest BCUT2D eigenvalue weighted by Gasteiger charge is 2.47. The van der Waals surface area contributed by atoms with Crippen LogP contribution < -0.4 is 0 Å². The molecule has 2 fully saturated rings. The van der Waals surface area contributed by atoms with Crippen LogP contribution in [-0.4, -0.2) is 48.9 Å². The number of thiazole rings is 1. The van der Waals surface area contributed by atoms with Crippen molar-refractivity contribution in [3.63, 3.8) is 0 Å². The van der Waals surface area contributed by atoms with Crippen LogP contribution in [0.15, 0.2) is 24.0 Å². The van der Waals surface area contributed by atoms with Gasteiger partial charge in [-0.1, -0.05) is 12.8 Å². The molecule has 0 aromatic carbocycles. The molecule has 2 aliphatic rings. The summed E-state index contributed by atoms with van der Waals surface area (Å²) in [5.41, 5.74) is 1.33. The standard InChI is InChI=1S/C18H20N4O3S/c23-16(8-12-10-26-17(21-12)13-9-19-5-6-20-13)22-14-4-2-1-3-11(14)7-15(22)18(24)25/h5-6,9-11,14-15H,1-4,7-8H2,(H,24,25)/t11-,14+,15+/m1/s1. The molecule has 1 aliphatic heterocycles. The summed E-state index contributed by atoms with van der Waals surface area (Å²) in [6.07, 6.45) is 9.66. The molecule has 3 heterocycles. The number of carboxylic acid groups (broad SMARTS) is 1. The average molecular weight is 372 g/mol. The summed E-state index contributed by atoms with van der Waals surface area (Å²) < 4.78 is 0. The molecule has 0 spiro atoms. The number of likely N-dealkylation sites (tertiary alicyclic amines) is 1. The van der Waals surface area contributed by atoms with Crippen molar-refractivity contribution >= 4 is 23.2 Å². The Morgan fingerprint density at radius 3 is 2.88 bits per heavy atom. The van der Waals surface area contributed by atoms with Gasteiger partial charge in [0.2, 0.25) is 5.91 Å². The summed E-state index contributed by atoms with van der Waals surface area (Å²) in [6, 6.07) is -0.635. The van der Waals surface area contributed by atoms with Gasteiger partial charge in [0, 0.05) is 23.8 Å². The topological polar surface area (TPSA) is 96.3 Å². The van der Waals surface area contributed by atoms with E-state index in [2.05, 4.69) is 15.0 Å². The molecule has 1 N–H and O–H groups in total. The summed E-state index contributed by atoms with van der Waals surface area (Å²) >= 11 is 1.42. The van der Waals surface area contributed by atoms with Gasteiger partial charge >= 0.3 is 5.97 Å². The molecule has 8 heteroatoms. The zero-order chi connectivity index (χ0) is 18.1. The number of aromatic nitrogens is 3. The molecule has 136 valence electrons. The molecule has 3 atom stereocenters. The van der Waals surface area contributed by atoms with Gasteiger partial charge in [-0.3, -0.25) is 14.8 Å². The zero-order valence-corrected chi connectivity index (χ0v) is 15.1. The Kier molecular flexibility index (Phi) is 4.67. The third kappa shape index (κ3) is 3.21. The highest BCUT2D eigenvalue weighted by molar-refractivity contribution is 7.13. The van der Waals surface area contributed by atoms with Crippen molar-refractivity contribution < 1.29 is 14.7 Å². The van der Waals surface area contributed by atoms with Crippen LogP contribution in [0.2, 0.25) is 0 Å². The van der Waals surface area contributed by atoms with Gasteiger partial charge in [-0.05, 0) is 25.2 Å². The molecule has 4 rings (SSSR count). The molecule has 1 amide bonds. The highest BCUT2D eigenvalue weighted by Crippen LogP contribution is 2.40. The average Bonchev–Trinajstić information content (AvgIpc) is 3.27. The molecular weight excluding hydrogens is 352 g/mol. The van der Waals surface area contributed by atoms with Crippen molar-refractivity contribution in [1.29, 1.82) is 0 Å². The quantitative estimate of drug-likeness (QED) is 0.885. The molecule has 2 aromatic rings. The third-order valence-corrected chi connectivity index (χ3v) is 6.24. The van der Waals surface area contributed by atoms with Crippen LogP contribution in [0.4, 0.5) is 0 Å². The van der Waals surface area contributed by atoms with Crippen molar-refractivity contribution in [1.82, 2.24) is 19.9 Å². The number of nitrogens with zero attached hydrogens (tertiary/aromatic N) is 4. The fraction of sp³-hybridized carbons (Fsp3) is 0.500. The summed E-state index contributed by atoms with van der Waals surface area (Å²) in [7, 11) is 0. The maximum absolute atomic E-state index is 12.9. The minimum absolute atomic E-state index is 0.0652. The molecule has 0 radical (unpaired) electrons. The van der Waals surface area contributed by atoms with Crippen molar-refractivity contribution in [3.8, 4) is 10.7 Å². The molecule has 2 aromatic heterocycles. The summed E-state index contributed by atoms with van der Waals surface area (Å²) in [5, 5.41) is 12.1. The van der Waals surface area contributed by atoms with Gasteiger partial charge in [-0.25, -0.2) is 9.78 Å². The van der Waals surface area contributed by atoms with Crippen LogP contribution in [-0.2, 0) is 16.0 Å². The van der Waals surface area contributed by atoms with Crippen LogP contribution in [0.1, 0.15) is 37.8 Å². The monoisotopic (exact) mass is 372 g/mol. The van der Waals surface area contributed by atoms with Crippen LogP contribution in [0.5, 0.6) is 0 Å².